The third-order valence-electron chi connectivity index (χ3n) is 6.68. The van der Waals surface area contributed by atoms with Crippen LogP contribution in [0.5, 0.6) is 40.2 Å². The zero-order chi connectivity index (χ0) is 39.6. The predicted molar refractivity (Wildman–Crippen MR) is 243 cm³/mol. The van der Waals surface area contributed by atoms with Gasteiger partial charge in [0.15, 0.2) is 34.5 Å². The monoisotopic (exact) mass is 1410 g/mol. The number of aryl methyl sites for hydroxylation is 3. The molecule has 0 fully saturated rings. The number of aliphatic hydroxyl groups excluding tert-OH is 1. The van der Waals surface area contributed by atoms with Gasteiger partial charge in [0, 0.05) is 63.1 Å². The van der Waals surface area contributed by atoms with Crippen LogP contribution in [0.2, 0.25) is 0 Å². The minimum atomic E-state index is -0.882. The molecule has 0 heterocycles. The van der Waals surface area contributed by atoms with E-state index in [1.165, 1.54) is 36.4 Å². The first-order chi connectivity index (χ1) is 24.7. The van der Waals surface area contributed by atoms with Crippen molar-refractivity contribution in [2.75, 3.05) is 13.2 Å². The van der Waals surface area contributed by atoms with E-state index in [-0.39, 0.29) is 96.2 Å². The summed E-state index contributed by atoms with van der Waals surface area (Å²) in [6, 6.07) is 18.5. The molecule has 0 bridgehead atoms. The Balaban J connectivity index is 0. The maximum Gasteiger partial charge on any atom is 0.303 e. The molecular weight excluding hydrogens is 1370 g/mol. The Labute approximate surface area is 378 Å². The molecule has 53 heavy (non-hydrogen) atoms. The van der Waals surface area contributed by atoms with Crippen LogP contribution in [-0.2, 0) is 40.0 Å². The SMILES string of the molecule is Cc1cc(CCC(=O)OCCc2ccc(O)c(O)c2)ccc1O.I.II.I[I-]I.O=C(O)CCc1ccc(O)c(O)c1.OCCc1ccc(O)c(O)c1. The average molecular weight is 1420 g/mol. The van der Waals surface area contributed by atoms with Gasteiger partial charge in [0.05, 0.1) is 6.61 Å². The number of carbonyl (C=O) groups excluding carboxylic acids is 1. The van der Waals surface area contributed by atoms with Gasteiger partial charge >= 0.3 is 62.4 Å². The standard InChI is InChI=1S/C18H20O5.C9H10O4.C8H10O3.I3.I2.HI/c1-12-10-13(2-5-15(12)19)4-7-18(22)23-9-8-14-3-6-16(20)17(21)11-14;10-7-3-1-6(5-8(7)11)2-4-9(12)13;9-4-3-6-1-2-7(10)8(11)5-6;1-3-2;1-2;/h2-3,5-6,10-11,19-21H,4,7-9H2,1H3;1,3,5,10-11H,2,4H2,(H,12,13);1-2,5,9-11H,3-4H2;;;1H/q;;;-1;;. The van der Waals surface area contributed by atoms with Gasteiger partial charge in [0.2, 0.25) is 0 Å². The van der Waals surface area contributed by atoms with Crippen molar-refractivity contribution >= 4 is 110 Å². The van der Waals surface area contributed by atoms with Crippen LogP contribution >= 0.6 is 98.4 Å². The molecule has 296 valence electrons. The fourth-order valence-electron chi connectivity index (χ4n) is 4.03. The van der Waals surface area contributed by atoms with E-state index in [4.69, 9.17) is 35.4 Å². The number of carboxylic acids is 1. The first-order valence-electron chi connectivity index (χ1n) is 15.0. The molecule has 4 rings (SSSR count). The summed E-state index contributed by atoms with van der Waals surface area (Å²) < 4.78 is 5.16. The van der Waals surface area contributed by atoms with E-state index in [1.807, 2.05) is 13.0 Å². The number of halogens is 6. The molecule has 12 nitrogen and oxygen atoms in total. The zero-order valence-corrected chi connectivity index (χ0v) is 41.3. The van der Waals surface area contributed by atoms with Crippen LogP contribution in [0.15, 0.2) is 72.8 Å². The Morgan fingerprint density at radius 2 is 0.943 bits per heavy atom. The molecule has 4 aromatic rings. The van der Waals surface area contributed by atoms with E-state index in [0.717, 1.165) is 22.3 Å². The number of ether oxygens (including phenoxy) is 1. The fourth-order valence-corrected chi connectivity index (χ4v) is 4.03. The maximum atomic E-state index is 11.7. The Morgan fingerprint density at radius 3 is 1.32 bits per heavy atom. The maximum absolute atomic E-state index is 11.7. The molecular formula is C35H41I6O12-. The summed E-state index contributed by atoms with van der Waals surface area (Å²) in [4.78, 5) is 21.9. The third-order valence-corrected chi connectivity index (χ3v) is 6.68. The first-order valence-corrected chi connectivity index (χ1v) is 33.9. The summed E-state index contributed by atoms with van der Waals surface area (Å²) in [6.07, 6.45) is 2.16. The Hall–Kier alpha value is -1.24. The molecule has 0 spiro atoms. The van der Waals surface area contributed by atoms with Crippen molar-refractivity contribution in [1.82, 2.24) is 0 Å². The topological polar surface area (TPSA) is 225 Å². The van der Waals surface area contributed by atoms with Crippen LogP contribution in [0, 0.1) is 6.92 Å². The molecule has 4 aromatic carbocycles. The van der Waals surface area contributed by atoms with E-state index in [2.05, 4.69) is 74.5 Å². The van der Waals surface area contributed by atoms with E-state index in [1.54, 1.807) is 30.3 Å². The second-order valence-electron chi connectivity index (χ2n) is 10.5. The van der Waals surface area contributed by atoms with E-state index < -0.39 is 5.97 Å². The number of hydrogen-bond acceptors (Lipinski definition) is 11. The van der Waals surface area contributed by atoms with Gasteiger partial charge in [-0.3, -0.25) is 9.59 Å². The molecule has 0 saturated heterocycles. The number of phenolic OH excluding ortho intramolecular Hbond substituents is 7. The van der Waals surface area contributed by atoms with Gasteiger partial charge in [-0.15, -0.1) is 24.0 Å². The van der Waals surface area contributed by atoms with Gasteiger partial charge in [-0.1, -0.05) is 30.3 Å². The van der Waals surface area contributed by atoms with Crippen LogP contribution in [-0.4, -0.2) is 71.1 Å². The number of aliphatic carboxylic acids is 1. The van der Waals surface area contributed by atoms with Crippen molar-refractivity contribution in [3.8, 4) is 40.2 Å². The number of aromatic hydroxyl groups is 7. The molecule has 0 atom stereocenters. The van der Waals surface area contributed by atoms with Crippen molar-refractivity contribution < 1.29 is 73.5 Å². The van der Waals surface area contributed by atoms with Gasteiger partial charge < -0.3 is 50.7 Å². The number of rotatable bonds is 11. The van der Waals surface area contributed by atoms with Crippen LogP contribution in [0.1, 0.15) is 40.7 Å². The molecule has 0 amide bonds. The van der Waals surface area contributed by atoms with Gasteiger partial charge in [-0.2, -0.15) is 0 Å². The summed E-state index contributed by atoms with van der Waals surface area (Å²) in [6.45, 7) is 2.08. The molecule has 0 aliphatic carbocycles. The van der Waals surface area contributed by atoms with Crippen LogP contribution in [0.25, 0.3) is 0 Å². The molecule has 18 heteroatoms. The fraction of sp³-hybridized carbons (Fsp3) is 0.257. The molecule has 0 radical (unpaired) electrons. The molecule has 0 saturated carbocycles. The van der Waals surface area contributed by atoms with Gasteiger partial charge in [-0.25, -0.2) is 0 Å². The number of benzene rings is 4. The summed E-state index contributed by atoms with van der Waals surface area (Å²) >= 11 is 9.54. The minimum absolute atomic E-state index is 0. The van der Waals surface area contributed by atoms with Crippen LogP contribution in [0.3, 0.4) is 0 Å². The van der Waals surface area contributed by atoms with E-state index >= 15 is 0 Å². The van der Waals surface area contributed by atoms with Crippen molar-refractivity contribution in [3.63, 3.8) is 0 Å². The van der Waals surface area contributed by atoms with Gasteiger partial charge in [0.25, 0.3) is 0 Å². The third kappa shape index (κ3) is 24.8. The zero-order valence-electron chi connectivity index (χ0n) is 28.1. The smallest absolute Gasteiger partial charge is 0.303 e. The summed E-state index contributed by atoms with van der Waals surface area (Å²) in [5, 5.41) is 80.9. The molecule has 0 aliphatic rings. The summed E-state index contributed by atoms with van der Waals surface area (Å²) in [5.41, 5.74) is 4.03. The largest absolute Gasteiger partial charge is 0.504 e. The van der Waals surface area contributed by atoms with Crippen molar-refractivity contribution in [2.45, 2.75) is 45.4 Å². The number of carboxylic acid groups (broad SMARTS) is 1. The number of carbonyl (C=O) groups is 2. The van der Waals surface area contributed by atoms with Crippen LogP contribution < -0.4 is 13.3 Å². The molecule has 9 N–H and O–H groups in total. The Bertz CT molecular complexity index is 1660. The van der Waals surface area contributed by atoms with E-state index in [0.29, 0.717) is 44.5 Å². The Morgan fingerprint density at radius 1 is 0.585 bits per heavy atom. The predicted octanol–water partition coefficient (Wildman–Crippen LogP) is 5.74. The number of phenols is 7. The first kappa shape index (κ1) is 53.9. The van der Waals surface area contributed by atoms with Gasteiger partial charge in [-0.05, 0) is 96.5 Å². The molecule has 0 aliphatic heterocycles. The molecule has 0 aromatic heterocycles. The van der Waals surface area contributed by atoms with Crippen molar-refractivity contribution in [1.29, 1.82) is 0 Å². The summed E-state index contributed by atoms with van der Waals surface area (Å²) in [5.74, 6) is -1.98. The Kier molecular flexibility index (Phi) is 32.4. The summed E-state index contributed by atoms with van der Waals surface area (Å²) in [7, 11) is 0. The van der Waals surface area contributed by atoms with Crippen molar-refractivity contribution in [2.24, 2.45) is 0 Å². The number of hydrogen-bond donors (Lipinski definition) is 9. The van der Waals surface area contributed by atoms with Crippen LogP contribution in [0.4, 0.5) is 0 Å². The minimum Gasteiger partial charge on any atom is -0.504 e. The van der Waals surface area contributed by atoms with Crippen molar-refractivity contribution in [3.05, 3.63) is 101 Å². The second kappa shape index (κ2) is 31.9. The quantitative estimate of drug-likeness (QED) is 0.0498. The van der Waals surface area contributed by atoms with Gasteiger partial charge in [0.1, 0.15) is 5.75 Å². The molecule has 0 unspecified atom stereocenters. The average Bonchev–Trinajstić information content (AvgIpc) is 3.11. The number of esters is 1. The number of aliphatic hydroxyl groups is 1. The normalized spacial score (nSPS) is 9.55. The van der Waals surface area contributed by atoms with E-state index in [9.17, 15) is 24.9 Å². The second-order valence-corrected chi connectivity index (χ2v) is 26.7.